The minimum Gasteiger partial charge on any atom is -0.389 e. The van der Waals surface area contributed by atoms with Crippen LogP contribution >= 0.6 is 0 Å². The van der Waals surface area contributed by atoms with Crippen LogP contribution in [0.3, 0.4) is 0 Å². The summed E-state index contributed by atoms with van der Waals surface area (Å²) < 4.78 is 0. The Labute approximate surface area is 122 Å². The van der Waals surface area contributed by atoms with Gasteiger partial charge in [-0.2, -0.15) is 0 Å². The Kier molecular flexibility index (Phi) is 4.04. The predicted octanol–water partition coefficient (Wildman–Crippen LogP) is 2.14. The van der Waals surface area contributed by atoms with E-state index in [9.17, 15) is 15.2 Å². The van der Waals surface area contributed by atoms with Crippen LogP contribution in [0.2, 0.25) is 0 Å². The van der Waals surface area contributed by atoms with Gasteiger partial charge in [0, 0.05) is 30.6 Å². The molecule has 1 aromatic carbocycles. The Hall–Kier alpha value is -2.28. The lowest BCUT2D eigenvalue weighted by Gasteiger charge is -2.29. The fourth-order valence-electron chi connectivity index (χ4n) is 2.20. The Balaban J connectivity index is 2.56. The third kappa shape index (κ3) is 3.43. The van der Waals surface area contributed by atoms with Crippen molar-refractivity contribution < 1.29 is 10.0 Å². The number of likely N-dealkylation sites (N-methyl/N-ethyl adjacent to an activating group) is 1. The normalized spacial score (nSPS) is 11.6. The van der Waals surface area contributed by atoms with Gasteiger partial charge < -0.3 is 10.0 Å². The summed E-state index contributed by atoms with van der Waals surface area (Å²) in [5.41, 5.74) is -0.258. The van der Waals surface area contributed by atoms with E-state index in [1.165, 1.54) is 18.5 Å². The van der Waals surface area contributed by atoms with Crippen molar-refractivity contribution >= 4 is 22.4 Å². The topological polar surface area (TPSA) is 92.4 Å². The van der Waals surface area contributed by atoms with Gasteiger partial charge in [-0.3, -0.25) is 10.1 Å². The van der Waals surface area contributed by atoms with E-state index in [4.69, 9.17) is 0 Å². The number of rotatable bonds is 5. The van der Waals surface area contributed by atoms with Gasteiger partial charge in [0.2, 0.25) is 0 Å². The molecule has 2 aromatic rings. The Morgan fingerprint density at radius 1 is 1.38 bits per heavy atom. The zero-order chi connectivity index (χ0) is 15.6. The number of nitro groups is 1. The molecule has 0 amide bonds. The number of aliphatic hydroxyl groups is 1. The zero-order valence-electron chi connectivity index (χ0n) is 12.3. The summed E-state index contributed by atoms with van der Waals surface area (Å²) in [7, 11) is 0. The molecule has 0 radical (unpaired) electrons. The number of aromatic nitrogens is 2. The van der Waals surface area contributed by atoms with Crippen molar-refractivity contribution in [2.75, 3.05) is 18.0 Å². The number of non-ortho nitro benzene ring substituents is 1. The molecule has 0 saturated carbocycles. The predicted molar refractivity (Wildman–Crippen MR) is 80.4 cm³/mol. The van der Waals surface area contributed by atoms with E-state index in [2.05, 4.69) is 9.97 Å². The second kappa shape index (κ2) is 5.61. The van der Waals surface area contributed by atoms with Gasteiger partial charge in [-0.25, -0.2) is 9.97 Å². The first-order valence-corrected chi connectivity index (χ1v) is 6.68. The highest BCUT2D eigenvalue weighted by Gasteiger charge is 2.21. The Bertz CT molecular complexity index is 667. The summed E-state index contributed by atoms with van der Waals surface area (Å²) in [5.74, 6) is 0.591. The van der Waals surface area contributed by atoms with Crippen molar-refractivity contribution in [3.8, 4) is 0 Å². The molecule has 1 heterocycles. The Morgan fingerprint density at radius 2 is 2.10 bits per heavy atom. The molecule has 7 nitrogen and oxygen atoms in total. The van der Waals surface area contributed by atoms with Gasteiger partial charge in [-0.05, 0) is 26.8 Å². The van der Waals surface area contributed by atoms with Crippen LogP contribution in [0.4, 0.5) is 11.5 Å². The van der Waals surface area contributed by atoms with Gasteiger partial charge in [-0.15, -0.1) is 0 Å². The number of hydrogen-bond acceptors (Lipinski definition) is 6. The summed E-state index contributed by atoms with van der Waals surface area (Å²) in [4.78, 5) is 20.8. The first-order valence-electron chi connectivity index (χ1n) is 6.68. The molecular weight excluding hydrogens is 272 g/mol. The van der Waals surface area contributed by atoms with Crippen LogP contribution in [0.5, 0.6) is 0 Å². The van der Waals surface area contributed by atoms with E-state index in [-0.39, 0.29) is 5.69 Å². The smallest absolute Gasteiger partial charge is 0.270 e. The number of benzene rings is 1. The van der Waals surface area contributed by atoms with Gasteiger partial charge in [0.05, 0.1) is 16.0 Å². The first kappa shape index (κ1) is 15.1. The van der Waals surface area contributed by atoms with Crippen LogP contribution in [0.25, 0.3) is 10.9 Å². The molecule has 0 saturated heterocycles. The summed E-state index contributed by atoms with van der Waals surface area (Å²) in [6, 6.07) is 4.50. The molecule has 0 aliphatic heterocycles. The molecule has 2 rings (SSSR count). The molecular formula is C14H18N4O3. The van der Waals surface area contributed by atoms with Crippen molar-refractivity contribution in [3.63, 3.8) is 0 Å². The fraction of sp³-hybridized carbons (Fsp3) is 0.429. The second-order valence-electron chi connectivity index (χ2n) is 5.48. The summed E-state index contributed by atoms with van der Waals surface area (Å²) >= 11 is 0. The van der Waals surface area contributed by atoms with Crippen molar-refractivity contribution in [2.45, 2.75) is 26.4 Å². The van der Waals surface area contributed by atoms with E-state index in [0.717, 1.165) is 0 Å². The maximum atomic E-state index is 10.9. The van der Waals surface area contributed by atoms with Gasteiger partial charge in [0.25, 0.3) is 5.69 Å². The van der Waals surface area contributed by atoms with Crippen LogP contribution in [0, 0.1) is 10.1 Å². The first-order chi connectivity index (χ1) is 9.81. The lowest BCUT2D eigenvalue weighted by Crippen LogP contribution is -2.39. The standard InChI is InChI=1S/C14H18N4O3/c1-4-17(8-14(2,3)19)13-11-7-10(18(20)21)5-6-12(11)15-9-16-13/h5-7,9,19H,4,8H2,1-3H3. The van der Waals surface area contributed by atoms with Gasteiger partial charge in [0.1, 0.15) is 12.1 Å². The zero-order valence-corrected chi connectivity index (χ0v) is 12.3. The van der Waals surface area contributed by atoms with Crippen molar-refractivity contribution in [3.05, 3.63) is 34.6 Å². The third-order valence-corrected chi connectivity index (χ3v) is 3.07. The van der Waals surface area contributed by atoms with E-state index < -0.39 is 10.5 Å². The fourth-order valence-corrected chi connectivity index (χ4v) is 2.20. The molecule has 0 aliphatic rings. The highest BCUT2D eigenvalue weighted by Crippen LogP contribution is 2.27. The second-order valence-corrected chi connectivity index (χ2v) is 5.48. The molecule has 0 aliphatic carbocycles. The number of hydrogen-bond donors (Lipinski definition) is 1. The monoisotopic (exact) mass is 290 g/mol. The van der Waals surface area contributed by atoms with Crippen molar-refractivity contribution in [2.24, 2.45) is 0 Å². The molecule has 112 valence electrons. The maximum absolute atomic E-state index is 10.9. The summed E-state index contributed by atoms with van der Waals surface area (Å²) in [6.07, 6.45) is 1.43. The van der Waals surface area contributed by atoms with E-state index in [0.29, 0.717) is 29.8 Å². The largest absolute Gasteiger partial charge is 0.389 e. The van der Waals surface area contributed by atoms with Crippen LogP contribution in [-0.2, 0) is 0 Å². The average Bonchev–Trinajstić information content (AvgIpc) is 2.42. The number of fused-ring (bicyclic) bond motifs is 1. The number of anilines is 1. The molecule has 7 heteroatoms. The van der Waals surface area contributed by atoms with Crippen LogP contribution in [0.1, 0.15) is 20.8 Å². The van der Waals surface area contributed by atoms with E-state index in [1.54, 1.807) is 19.9 Å². The minimum absolute atomic E-state index is 0.00198. The van der Waals surface area contributed by atoms with Gasteiger partial charge >= 0.3 is 0 Å². The Morgan fingerprint density at radius 3 is 2.67 bits per heavy atom. The van der Waals surface area contributed by atoms with Crippen molar-refractivity contribution in [1.82, 2.24) is 9.97 Å². The molecule has 0 bridgehead atoms. The molecule has 1 N–H and O–H groups in total. The lowest BCUT2D eigenvalue weighted by molar-refractivity contribution is -0.384. The summed E-state index contributed by atoms with van der Waals surface area (Å²) in [6.45, 7) is 6.36. The van der Waals surface area contributed by atoms with Crippen molar-refractivity contribution in [1.29, 1.82) is 0 Å². The SMILES string of the molecule is CCN(CC(C)(C)O)c1ncnc2ccc([N+](=O)[O-])cc12. The van der Waals surface area contributed by atoms with Crippen LogP contribution in [0.15, 0.2) is 24.5 Å². The number of nitro benzene ring substituents is 1. The average molecular weight is 290 g/mol. The minimum atomic E-state index is -0.895. The van der Waals surface area contributed by atoms with E-state index >= 15 is 0 Å². The summed E-state index contributed by atoms with van der Waals surface area (Å²) in [5, 5.41) is 21.5. The lowest BCUT2D eigenvalue weighted by atomic mass is 10.1. The van der Waals surface area contributed by atoms with Crippen LogP contribution < -0.4 is 4.90 Å². The van der Waals surface area contributed by atoms with E-state index in [1.807, 2.05) is 11.8 Å². The maximum Gasteiger partial charge on any atom is 0.270 e. The molecule has 0 fully saturated rings. The van der Waals surface area contributed by atoms with Gasteiger partial charge in [0.15, 0.2) is 0 Å². The molecule has 0 unspecified atom stereocenters. The third-order valence-electron chi connectivity index (χ3n) is 3.07. The number of nitrogens with zero attached hydrogens (tertiary/aromatic N) is 4. The molecule has 0 atom stereocenters. The quantitative estimate of drug-likeness (QED) is 0.670. The van der Waals surface area contributed by atoms with Crippen LogP contribution in [-0.4, -0.2) is 38.7 Å². The highest BCUT2D eigenvalue weighted by molar-refractivity contribution is 5.91. The molecule has 0 spiro atoms. The highest BCUT2D eigenvalue weighted by atomic mass is 16.6. The molecule has 21 heavy (non-hydrogen) atoms. The van der Waals surface area contributed by atoms with Gasteiger partial charge in [-0.1, -0.05) is 0 Å². The molecule has 1 aromatic heterocycles.